The summed E-state index contributed by atoms with van der Waals surface area (Å²) in [5, 5.41) is 10.3. The van der Waals surface area contributed by atoms with Gasteiger partial charge in [-0.25, -0.2) is 18.7 Å². The number of nitrogens with zero attached hydrogens (tertiary/aromatic N) is 4. The Kier molecular flexibility index (Phi) is 5.41. The monoisotopic (exact) mass is 495 g/mol. The Hall–Kier alpha value is -4.99. The first-order chi connectivity index (χ1) is 18.0. The number of aromatic amines is 2. The minimum atomic E-state index is -0.528. The Balaban J connectivity index is 1.47. The summed E-state index contributed by atoms with van der Waals surface area (Å²) in [7, 11) is 0. The number of pyridine rings is 2. The van der Waals surface area contributed by atoms with E-state index in [4.69, 9.17) is 0 Å². The summed E-state index contributed by atoms with van der Waals surface area (Å²) >= 11 is 0. The highest BCUT2D eigenvalue weighted by molar-refractivity contribution is 5.98. The third-order valence-corrected chi connectivity index (χ3v) is 6.08. The molecular formula is C27H19F2N7O. The van der Waals surface area contributed by atoms with Crippen molar-refractivity contribution in [3.8, 4) is 33.8 Å². The molecule has 0 spiro atoms. The second-order valence-electron chi connectivity index (χ2n) is 8.44. The highest BCUT2D eigenvalue weighted by Gasteiger charge is 2.19. The lowest BCUT2D eigenvalue weighted by molar-refractivity contribution is -0.115. The first kappa shape index (κ1) is 22.5. The third kappa shape index (κ3) is 3.98. The average molecular weight is 495 g/mol. The summed E-state index contributed by atoms with van der Waals surface area (Å²) < 4.78 is 29.6. The van der Waals surface area contributed by atoms with Crippen molar-refractivity contribution < 1.29 is 13.6 Å². The van der Waals surface area contributed by atoms with Crippen LogP contribution < -0.4 is 5.32 Å². The van der Waals surface area contributed by atoms with E-state index in [2.05, 4.69) is 35.5 Å². The van der Waals surface area contributed by atoms with Crippen LogP contribution in [0.15, 0.2) is 67.1 Å². The number of carbonyl (C=O) groups is 1. The minimum Gasteiger partial charge on any atom is -0.335 e. The third-order valence-electron chi connectivity index (χ3n) is 6.08. The Morgan fingerprint density at radius 3 is 2.70 bits per heavy atom. The van der Waals surface area contributed by atoms with Gasteiger partial charge in [-0.2, -0.15) is 5.10 Å². The molecule has 6 rings (SSSR count). The van der Waals surface area contributed by atoms with Gasteiger partial charge in [0.25, 0.3) is 0 Å². The van der Waals surface area contributed by atoms with E-state index in [0.717, 1.165) is 0 Å². The Morgan fingerprint density at radius 2 is 1.86 bits per heavy atom. The number of benzene rings is 2. The van der Waals surface area contributed by atoms with Gasteiger partial charge in [0.2, 0.25) is 5.91 Å². The second kappa shape index (κ2) is 8.90. The largest absolute Gasteiger partial charge is 0.335 e. The molecule has 1 amide bonds. The molecule has 10 heteroatoms. The molecule has 6 aromatic rings. The quantitative estimate of drug-likeness (QED) is 0.277. The molecule has 0 radical (unpaired) electrons. The minimum absolute atomic E-state index is 0.143. The maximum absolute atomic E-state index is 15.1. The van der Waals surface area contributed by atoms with E-state index in [0.29, 0.717) is 62.4 Å². The van der Waals surface area contributed by atoms with Crippen LogP contribution in [-0.4, -0.2) is 36.0 Å². The molecule has 0 saturated heterocycles. The van der Waals surface area contributed by atoms with E-state index in [-0.39, 0.29) is 17.2 Å². The van der Waals surface area contributed by atoms with Crippen molar-refractivity contribution in [2.24, 2.45) is 0 Å². The number of anilines is 1. The molecule has 4 aromatic heterocycles. The second-order valence-corrected chi connectivity index (χ2v) is 8.44. The fourth-order valence-electron chi connectivity index (χ4n) is 4.27. The first-order valence-electron chi connectivity index (χ1n) is 11.5. The number of imidazole rings is 1. The summed E-state index contributed by atoms with van der Waals surface area (Å²) in [4.78, 5) is 28.1. The van der Waals surface area contributed by atoms with Crippen molar-refractivity contribution in [3.63, 3.8) is 0 Å². The maximum atomic E-state index is 15.1. The maximum Gasteiger partial charge on any atom is 0.224 e. The number of rotatable bonds is 5. The van der Waals surface area contributed by atoms with Crippen molar-refractivity contribution >= 4 is 33.7 Å². The Bertz CT molecular complexity index is 1810. The molecule has 37 heavy (non-hydrogen) atoms. The van der Waals surface area contributed by atoms with E-state index >= 15 is 4.39 Å². The molecule has 0 bridgehead atoms. The lowest BCUT2D eigenvalue weighted by Gasteiger charge is -2.07. The fourth-order valence-corrected chi connectivity index (χ4v) is 4.27. The summed E-state index contributed by atoms with van der Waals surface area (Å²) in [6.07, 6.45) is 5.01. The topological polar surface area (TPSA) is 112 Å². The average Bonchev–Trinajstić information content (AvgIpc) is 3.53. The number of H-pyrrole nitrogens is 2. The van der Waals surface area contributed by atoms with Crippen LogP contribution in [0.3, 0.4) is 0 Å². The van der Waals surface area contributed by atoms with Crippen molar-refractivity contribution in [2.45, 2.75) is 13.3 Å². The lowest BCUT2D eigenvalue weighted by atomic mass is 10.0. The standard InChI is InChI=1S/C27H19F2N7O/c1-2-22(37)32-16-9-15(12-30-13-16)14-10-19-23(21(29)11-14)35-36-25(19)27-33-24-18(7-8-31-26(24)34-27)17-5-3-4-6-20(17)28/h3-13H,2H2,1H3,(H,32,37)(H,35,36)(H,31,33,34). The van der Waals surface area contributed by atoms with Gasteiger partial charge in [0.1, 0.15) is 17.0 Å². The van der Waals surface area contributed by atoms with E-state index in [1.807, 2.05) is 0 Å². The predicted molar refractivity (Wildman–Crippen MR) is 136 cm³/mol. The predicted octanol–water partition coefficient (Wildman–Crippen LogP) is 5.86. The SMILES string of the molecule is CCC(=O)Nc1cncc(-c2cc(F)c3n[nH]c(-c4nc5nccc(-c6ccccc6F)c5[nH]4)c3c2)c1. The molecule has 0 aliphatic carbocycles. The molecule has 0 saturated carbocycles. The molecule has 2 aromatic carbocycles. The molecule has 0 unspecified atom stereocenters. The van der Waals surface area contributed by atoms with E-state index < -0.39 is 5.82 Å². The number of carbonyl (C=O) groups excluding carboxylic acids is 1. The van der Waals surface area contributed by atoms with Gasteiger partial charge in [-0.3, -0.25) is 14.9 Å². The van der Waals surface area contributed by atoms with Gasteiger partial charge < -0.3 is 10.3 Å². The molecule has 0 aliphatic rings. The zero-order valence-electron chi connectivity index (χ0n) is 19.5. The summed E-state index contributed by atoms with van der Waals surface area (Å²) in [6, 6.07) is 13.0. The van der Waals surface area contributed by atoms with E-state index in [1.54, 1.807) is 55.7 Å². The van der Waals surface area contributed by atoms with Crippen LogP contribution in [0, 0.1) is 11.6 Å². The van der Waals surface area contributed by atoms with Crippen LogP contribution in [0.1, 0.15) is 13.3 Å². The van der Waals surface area contributed by atoms with E-state index in [1.165, 1.54) is 18.3 Å². The number of fused-ring (bicyclic) bond motifs is 2. The van der Waals surface area contributed by atoms with Gasteiger partial charge in [-0.05, 0) is 35.9 Å². The van der Waals surface area contributed by atoms with Gasteiger partial charge in [0.15, 0.2) is 17.3 Å². The van der Waals surface area contributed by atoms with Gasteiger partial charge in [0, 0.05) is 40.9 Å². The summed E-state index contributed by atoms with van der Waals surface area (Å²) in [5.74, 6) is -0.659. The molecular weight excluding hydrogens is 476 g/mol. The Morgan fingerprint density at radius 1 is 1.00 bits per heavy atom. The summed E-state index contributed by atoms with van der Waals surface area (Å²) in [6.45, 7) is 1.75. The van der Waals surface area contributed by atoms with Gasteiger partial charge >= 0.3 is 0 Å². The van der Waals surface area contributed by atoms with Crippen LogP contribution in [-0.2, 0) is 4.79 Å². The smallest absolute Gasteiger partial charge is 0.224 e. The fraction of sp³-hybridized carbons (Fsp3) is 0.0741. The number of halogens is 2. The molecule has 3 N–H and O–H groups in total. The van der Waals surface area contributed by atoms with Gasteiger partial charge in [-0.1, -0.05) is 25.1 Å². The lowest BCUT2D eigenvalue weighted by Crippen LogP contribution is -2.09. The molecule has 8 nitrogen and oxygen atoms in total. The van der Waals surface area contributed by atoms with Crippen LogP contribution >= 0.6 is 0 Å². The van der Waals surface area contributed by atoms with E-state index in [9.17, 15) is 9.18 Å². The summed E-state index contributed by atoms with van der Waals surface area (Å²) in [5.41, 5.74) is 4.24. The highest BCUT2D eigenvalue weighted by atomic mass is 19.1. The normalized spacial score (nSPS) is 11.3. The van der Waals surface area contributed by atoms with Crippen LogP contribution in [0.5, 0.6) is 0 Å². The number of hydrogen-bond acceptors (Lipinski definition) is 5. The Labute approximate surface area is 208 Å². The first-order valence-corrected chi connectivity index (χ1v) is 11.5. The highest BCUT2D eigenvalue weighted by Crippen LogP contribution is 2.34. The van der Waals surface area contributed by atoms with Crippen LogP contribution in [0.4, 0.5) is 14.5 Å². The van der Waals surface area contributed by atoms with Gasteiger partial charge in [-0.15, -0.1) is 0 Å². The molecule has 0 aliphatic heterocycles. The van der Waals surface area contributed by atoms with Crippen LogP contribution in [0.25, 0.3) is 55.8 Å². The van der Waals surface area contributed by atoms with Crippen molar-refractivity contribution in [1.82, 2.24) is 30.1 Å². The number of nitrogens with one attached hydrogen (secondary N) is 3. The molecule has 0 fully saturated rings. The molecule has 0 atom stereocenters. The zero-order valence-corrected chi connectivity index (χ0v) is 19.5. The van der Waals surface area contributed by atoms with Crippen LogP contribution in [0.2, 0.25) is 0 Å². The van der Waals surface area contributed by atoms with Crippen molar-refractivity contribution in [2.75, 3.05) is 5.32 Å². The van der Waals surface area contributed by atoms with Crippen molar-refractivity contribution in [3.05, 3.63) is 78.8 Å². The zero-order chi connectivity index (χ0) is 25.5. The number of hydrogen-bond donors (Lipinski definition) is 3. The number of aromatic nitrogens is 6. The van der Waals surface area contributed by atoms with Gasteiger partial charge in [0.05, 0.1) is 17.4 Å². The van der Waals surface area contributed by atoms with Crippen molar-refractivity contribution in [1.29, 1.82) is 0 Å². The molecule has 4 heterocycles. The number of amides is 1. The molecule has 182 valence electrons.